The number of anilines is 1. The maximum atomic E-state index is 13.2. The lowest BCUT2D eigenvalue weighted by atomic mass is 9.69. The Morgan fingerprint density at radius 2 is 1.62 bits per heavy atom. The predicted molar refractivity (Wildman–Crippen MR) is 146 cm³/mol. The molecule has 2 bridgehead atoms. The van der Waals surface area contributed by atoms with Crippen molar-refractivity contribution in [1.29, 1.82) is 0 Å². The fourth-order valence-corrected chi connectivity index (χ4v) is 7.25. The van der Waals surface area contributed by atoms with Crippen molar-refractivity contribution in [3.05, 3.63) is 88.2 Å². The first-order chi connectivity index (χ1) is 18.3. The number of amides is 1. The summed E-state index contributed by atoms with van der Waals surface area (Å²) in [6.07, 6.45) is 3.06. The molecule has 0 aliphatic heterocycles. The van der Waals surface area contributed by atoms with Crippen LogP contribution in [0.25, 0.3) is 11.1 Å². The number of hydrogen-bond acceptors (Lipinski definition) is 6. The zero-order valence-corrected chi connectivity index (χ0v) is 22.7. The maximum absolute atomic E-state index is 13.2. The van der Waals surface area contributed by atoms with Crippen LogP contribution in [0.2, 0.25) is 0 Å². The van der Waals surface area contributed by atoms with Gasteiger partial charge < -0.3 is 5.32 Å². The first-order valence-corrected chi connectivity index (χ1v) is 14.3. The van der Waals surface area contributed by atoms with Gasteiger partial charge in [-0.2, -0.15) is 0 Å². The molecule has 0 radical (unpaired) electrons. The van der Waals surface area contributed by atoms with Gasteiger partial charge >= 0.3 is 0 Å². The molecule has 3 aromatic rings. The summed E-state index contributed by atoms with van der Waals surface area (Å²) in [6, 6.07) is 15.7. The molecule has 2 aliphatic rings. The van der Waals surface area contributed by atoms with E-state index in [4.69, 9.17) is 0 Å². The number of nitrogens with one attached hydrogen (secondary N) is 2. The highest BCUT2D eigenvalue weighted by atomic mass is 32.2. The molecule has 5 rings (SSSR count). The van der Waals surface area contributed by atoms with Gasteiger partial charge in [-0.05, 0) is 83.5 Å². The van der Waals surface area contributed by atoms with Crippen molar-refractivity contribution in [1.82, 2.24) is 4.72 Å². The molecule has 8 nitrogen and oxygen atoms in total. The van der Waals surface area contributed by atoms with Gasteiger partial charge in [0, 0.05) is 17.7 Å². The Labute approximate surface area is 226 Å². The number of fused-ring (bicyclic) bond motifs is 2. The van der Waals surface area contributed by atoms with Crippen LogP contribution < -0.4 is 10.0 Å². The summed E-state index contributed by atoms with van der Waals surface area (Å²) >= 11 is 0. The molecule has 2 aliphatic carbocycles. The van der Waals surface area contributed by atoms with E-state index >= 15 is 0 Å². The van der Waals surface area contributed by atoms with Crippen molar-refractivity contribution in [3.8, 4) is 11.1 Å². The molecule has 39 heavy (non-hydrogen) atoms. The number of carbonyl (C=O) groups excluding carboxylic acids is 1. The normalized spacial score (nSPS) is 23.4. The van der Waals surface area contributed by atoms with Gasteiger partial charge in [0.25, 0.3) is 21.6 Å². The zero-order chi connectivity index (χ0) is 28.2. The molecule has 0 heterocycles. The smallest absolute Gasteiger partial charge is 0.293 e. The van der Waals surface area contributed by atoms with Gasteiger partial charge in [0.2, 0.25) is 0 Å². The van der Waals surface area contributed by atoms with E-state index in [9.17, 15) is 27.7 Å². The van der Waals surface area contributed by atoms with E-state index in [1.54, 1.807) is 24.3 Å². The van der Waals surface area contributed by atoms with Crippen LogP contribution in [0.1, 0.15) is 50.4 Å². The highest BCUT2D eigenvalue weighted by Crippen LogP contribution is 2.66. The number of benzene rings is 3. The Morgan fingerprint density at radius 1 is 1.00 bits per heavy atom. The van der Waals surface area contributed by atoms with Crippen LogP contribution in [0.5, 0.6) is 0 Å². The average Bonchev–Trinajstić information content (AvgIpc) is 3.22. The van der Waals surface area contributed by atoms with E-state index in [0.29, 0.717) is 5.92 Å². The molecule has 0 aromatic heterocycles. The third-order valence-electron chi connectivity index (χ3n) is 9.15. The minimum absolute atomic E-state index is 0.0312. The number of nitro groups is 1. The molecule has 3 atom stereocenters. The molecule has 2 N–H and O–H groups in total. The van der Waals surface area contributed by atoms with Crippen LogP contribution in [0.15, 0.2) is 71.6 Å². The molecule has 10 heteroatoms. The molecule has 0 saturated heterocycles. The second-order valence-corrected chi connectivity index (χ2v) is 12.9. The van der Waals surface area contributed by atoms with Gasteiger partial charge in [-0.1, -0.05) is 45.0 Å². The van der Waals surface area contributed by atoms with Crippen LogP contribution in [0.4, 0.5) is 15.8 Å². The Morgan fingerprint density at radius 3 is 2.15 bits per heavy atom. The summed E-state index contributed by atoms with van der Waals surface area (Å²) in [5.41, 5.74) is 1.51. The second-order valence-electron chi connectivity index (χ2n) is 11.3. The molecule has 2 saturated carbocycles. The average molecular weight is 552 g/mol. The largest absolute Gasteiger partial charge is 0.376 e. The fourth-order valence-electron chi connectivity index (χ4n) is 6.26. The lowest BCUT2D eigenvalue weighted by molar-refractivity contribution is -0.384. The van der Waals surface area contributed by atoms with Gasteiger partial charge in [0.05, 0.1) is 9.82 Å². The van der Waals surface area contributed by atoms with E-state index in [2.05, 4.69) is 26.1 Å². The number of carbonyl (C=O) groups is 1. The summed E-state index contributed by atoms with van der Waals surface area (Å²) in [5.74, 6) is -0.714. The van der Waals surface area contributed by atoms with Crippen molar-refractivity contribution in [2.45, 2.75) is 51.0 Å². The minimum atomic E-state index is -4.39. The SMILES string of the molecule is CC1(C)C2CCC1(C)C(Nc1ccc(S(=O)(=O)NC(=O)c3ccc(-c4ccc(F)cc4)cc3)cc1[N+](=O)[O-])C2. The standard InChI is InChI=1S/C29H30FN3O5S/c1-28(2)21-14-15-29(28,3)26(16-21)31-24-13-12-23(17-25(24)33(35)36)39(37,38)32-27(34)20-6-4-18(5-7-20)19-8-10-22(30)11-9-19/h4-13,17,21,26,31H,14-16H2,1-3H3,(H,32,34). The van der Waals surface area contributed by atoms with Crippen LogP contribution in [0.3, 0.4) is 0 Å². The number of nitrogens with zero attached hydrogens (tertiary/aromatic N) is 1. The van der Waals surface area contributed by atoms with Gasteiger partial charge in [0.15, 0.2) is 0 Å². The molecule has 1 amide bonds. The topological polar surface area (TPSA) is 118 Å². The van der Waals surface area contributed by atoms with Crippen LogP contribution in [-0.4, -0.2) is 25.3 Å². The van der Waals surface area contributed by atoms with Crippen LogP contribution in [-0.2, 0) is 10.0 Å². The molecular formula is C29H30FN3O5S. The molecular weight excluding hydrogens is 521 g/mol. The van der Waals surface area contributed by atoms with E-state index < -0.39 is 20.9 Å². The van der Waals surface area contributed by atoms with Crippen molar-refractivity contribution >= 4 is 27.3 Å². The fraction of sp³-hybridized carbons (Fsp3) is 0.345. The summed E-state index contributed by atoms with van der Waals surface area (Å²) in [7, 11) is -4.39. The Kier molecular flexibility index (Phi) is 6.49. The van der Waals surface area contributed by atoms with E-state index in [0.717, 1.165) is 36.5 Å². The predicted octanol–water partition coefficient (Wildman–Crippen LogP) is 6.15. The third kappa shape index (κ3) is 4.67. The summed E-state index contributed by atoms with van der Waals surface area (Å²) in [6.45, 7) is 6.70. The Bertz CT molecular complexity index is 1550. The molecule has 3 unspecified atom stereocenters. The monoisotopic (exact) mass is 551 g/mol. The summed E-state index contributed by atoms with van der Waals surface area (Å²) in [4.78, 5) is 23.6. The number of sulfonamides is 1. The lowest BCUT2D eigenvalue weighted by Gasteiger charge is -2.39. The van der Waals surface area contributed by atoms with E-state index in [1.165, 1.54) is 36.4 Å². The maximum Gasteiger partial charge on any atom is 0.293 e. The zero-order valence-electron chi connectivity index (χ0n) is 21.9. The molecule has 2 fully saturated rings. The van der Waals surface area contributed by atoms with Crippen molar-refractivity contribution in [3.63, 3.8) is 0 Å². The third-order valence-corrected chi connectivity index (χ3v) is 10.5. The highest BCUT2D eigenvalue weighted by Gasteiger charge is 2.61. The first-order valence-electron chi connectivity index (χ1n) is 12.8. The number of hydrogen-bond donors (Lipinski definition) is 2. The van der Waals surface area contributed by atoms with E-state index in [1.807, 2.05) is 4.72 Å². The van der Waals surface area contributed by atoms with Crippen molar-refractivity contribution in [2.75, 3.05) is 5.32 Å². The first kappa shape index (κ1) is 26.8. The summed E-state index contributed by atoms with van der Waals surface area (Å²) < 4.78 is 41.2. The van der Waals surface area contributed by atoms with Crippen LogP contribution in [0, 0.1) is 32.7 Å². The van der Waals surface area contributed by atoms with Gasteiger partial charge in [-0.3, -0.25) is 14.9 Å². The lowest BCUT2D eigenvalue weighted by Crippen LogP contribution is -2.40. The number of nitro benzene ring substituents is 1. The van der Waals surface area contributed by atoms with E-state index in [-0.39, 0.29) is 44.5 Å². The Balaban J connectivity index is 1.34. The van der Waals surface area contributed by atoms with Crippen LogP contribution >= 0.6 is 0 Å². The second kappa shape index (κ2) is 9.44. The number of rotatable bonds is 7. The van der Waals surface area contributed by atoms with Crippen molar-refractivity contribution < 1.29 is 22.5 Å². The quantitative estimate of drug-likeness (QED) is 0.269. The molecule has 0 spiro atoms. The molecule has 204 valence electrons. The minimum Gasteiger partial charge on any atom is -0.376 e. The summed E-state index contributed by atoms with van der Waals surface area (Å²) in [5, 5.41) is 15.3. The van der Waals surface area contributed by atoms with Gasteiger partial charge in [-0.15, -0.1) is 0 Å². The van der Waals surface area contributed by atoms with Gasteiger partial charge in [0.1, 0.15) is 11.5 Å². The Hall–Kier alpha value is -3.79. The van der Waals surface area contributed by atoms with Gasteiger partial charge in [-0.25, -0.2) is 17.5 Å². The van der Waals surface area contributed by atoms with Crippen molar-refractivity contribution in [2.24, 2.45) is 16.7 Å². The highest BCUT2D eigenvalue weighted by molar-refractivity contribution is 7.90. The number of halogens is 1. The molecule has 3 aromatic carbocycles.